The van der Waals surface area contributed by atoms with Crippen molar-refractivity contribution in [2.45, 2.75) is 134 Å². The van der Waals surface area contributed by atoms with Gasteiger partial charge >= 0.3 is 29.8 Å². The molecule has 3 rings (SSSR count). The van der Waals surface area contributed by atoms with Crippen LogP contribution in [-0.4, -0.2) is 174 Å². The number of rotatable bonds is 17. The van der Waals surface area contributed by atoms with E-state index in [2.05, 4.69) is 10.6 Å². The summed E-state index contributed by atoms with van der Waals surface area (Å²) >= 11 is 6.02. The summed E-state index contributed by atoms with van der Waals surface area (Å²) in [6, 6.07) is -1.36. The van der Waals surface area contributed by atoms with Crippen LogP contribution in [0.2, 0.25) is 0 Å². The van der Waals surface area contributed by atoms with E-state index in [1.54, 1.807) is 13.8 Å². The van der Waals surface area contributed by atoms with Crippen LogP contribution in [-0.2, 0) is 66.7 Å². The van der Waals surface area contributed by atoms with Crippen molar-refractivity contribution in [2.24, 2.45) is 5.92 Å². The third kappa shape index (κ3) is 12.2. The summed E-state index contributed by atoms with van der Waals surface area (Å²) in [5.41, 5.74) is -7.97. The Morgan fingerprint density at radius 2 is 1.71 bits per heavy atom. The molecule has 1 amide bonds. The van der Waals surface area contributed by atoms with Gasteiger partial charge in [0.2, 0.25) is 5.91 Å². The number of nitrogens with one attached hydrogen (secondary N) is 3. The molecule has 25 heteroatoms. The molecular weight excluding hydrogens is 883 g/mol. The number of carbonyl (C=O) groups excluding carboxylic acids is 5. The number of thiocarbonyl (C=S) groups is 1. The lowest BCUT2D eigenvalue weighted by molar-refractivity contribution is -0.345. The molecule has 0 bridgehead atoms. The van der Waals surface area contributed by atoms with Crippen LogP contribution in [0, 0.1) is 11.3 Å². The zero-order chi connectivity index (χ0) is 47.9. The van der Waals surface area contributed by atoms with Crippen LogP contribution in [0.25, 0.3) is 0 Å². The standard InChI is InChI=1S/C38H53N3O20S2/c1-9-19(41-36(62)63-13-20(32(47)48)40-17(6)42)35(52)61-28-22(12-56-18(7)43)59-31(37(53)11-21(44)26(39)25(30(37)46)33(49)50)27(45)29(28)60-24-10-23(55-8)38(54,15(4)57-24)16(5)58-34(51)14(2)3/h9,14-16,20,22-24,27-29,31,39,45-46,53-54H,10-13H2,1-8H3,(H,40,42)(H,41,62)(H,47,48)(H,49,50)/b19-9+,39-26?/t15?,16-,20?,22?,23?,24?,27?,28?,29?,31-,37+,38?/m0/s1. The van der Waals surface area contributed by atoms with Gasteiger partial charge < -0.3 is 74.4 Å². The predicted octanol–water partition coefficient (Wildman–Crippen LogP) is -0.835. The molecule has 2 aliphatic heterocycles. The first-order chi connectivity index (χ1) is 29.2. The highest BCUT2D eigenvalue weighted by Gasteiger charge is 2.62. The second-order valence-corrected chi connectivity index (χ2v) is 16.8. The lowest BCUT2D eigenvalue weighted by Gasteiger charge is -2.52. The minimum atomic E-state index is -3.10. The number of hydrogen-bond acceptors (Lipinski definition) is 21. The number of thioether (sulfide) groups is 1. The van der Waals surface area contributed by atoms with Crippen molar-refractivity contribution >= 4 is 75.5 Å². The molecule has 0 aromatic heterocycles. The molecule has 3 aliphatic rings. The molecule has 352 valence electrons. The monoisotopic (exact) mass is 935 g/mol. The number of allylic oxidation sites excluding steroid dienone is 1. The summed E-state index contributed by atoms with van der Waals surface area (Å²) in [4.78, 5) is 86.7. The highest BCUT2D eigenvalue weighted by Crippen LogP contribution is 2.42. The lowest BCUT2D eigenvalue weighted by atomic mass is 9.74. The summed E-state index contributed by atoms with van der Waals surface area (Å²) < 4.78 is 40.1. The van der Waals surface area contributed by atoms with Gasteiger partial charge in [-0.3, -0.25) is 24.6 Å². The number of methoxy groups -OCH3 is 1. The topological polar surface area (TPSA) is 353 Å². The lowest BCUT2D eigenvalue weighted by Crippen LogP contribution is -2.70. The number of aliphatic hydroxyl groups is 4. The second kappa shape index (κ2) is 21.9. The number of carboxylic acid groups (broad SMARTS) is 2. The predicted molar refractivity (Wildman–Crippen MR) is 218 cm³/mol. The van der Waals surface area contributed by atoms with Crippen molar-refractivity contribution in [2.75, 3.05) is 19.5 Å². The van der Waals surface area contributed by atoms with Gasteiger partial charge in [0.25, 0.3) is 0 Å². The van der Waals surface area contributed by atoms with Gasteiger partial charge in [0, 0.05) is 33.1 Å². The first-order valence-corrected chi connectivity index (χ1v) is 20.7. The molecule has 0 radical (unpaired) electrons. The number of carboxylic acids is 2. The van der Waals surface area contributed by atoms with E-state index < -0.39 is 150 Å². The smallest absolute Gasteiger partial charge is 0.354 e. The minimum absolute atomic E-state index is 0.164. The number of aliphatic hydroxyl groups excluding tert-OH is 2. The maximum atomic E-state index is 13.9. The number of aliphatic carboxylic acids is 2. The fourth-order valence-electron chi connectivity index (χ4n) is 7.00. The van der Waals surface area contributed by atoms with Crippen LogP contribution >= 0.6 is 24.0 Å². The number of amides is 1. The van der Waals surface area contributed by atoms with Crippen LogP contribution in [0.1, 0.15) is 61.3 Å². The maximum Gasteiger partial charge on any atom is 0.354 e. The molecule has 0 aromatic carbocycles. The quantitative estimate of drug-likeness (QED) is 0.0372. The van der Waals surface area contributed by atoms with E-state index >= 15 is 0 Å². The number of Topliss-reactive ketones (excluding diaryl/α,β-unsaturated/α-hetero) is 1. The van der Waals surface area contributed by atoms with Crippen molar-refractivity contribution in [3.63, 3.8) is 0 Å². The Bertz CT molecular complexity index is 1890. The molecule has 1 aliphatic carbocycles. The Morgan fingerprint density at radius 1 is 1.08 bits per heavy atom. The van der Waals surface area contributed by atoms with E-state index in [4.69, 9.17) is 50.8 Å². The molecule has 2 saturated heterocycles. The van der Waals surface area contributed by atoms with E-state index in [0.29, 0.717) is 0 Å². The SMILES string of the molecule is C/C=C(/NC(=S)SCC(NC(C)=O)C(=O)O)C(=O)OC1C(COC(C)=O)O[C@H]([C@@]2(O)CC(=O)C(=N)C(C(=O)O)=C2O)C(O)C1OC1CC(OC)C(O)([C@H](C)OC(=O)C(C)C)C(C)O1. The maximum absolute atomic E-state index is 13.9. The minimum Gasteiger partial charge on any atom is -0.508 e. The summed E-state index contributed by atoms with van der Waals surface area (Å²) in [6.07, 6.45) is -15.9. The van der Waals surface area contributed by atoms with E-state index in [1.165, 1.54) is 34.0 Å². The van der Waals surface area contributed by atoms with Gasteiger partial charge in [-0.15, -0.1) is 0 Å². The molecule has 9 N–H and O–H groups in total. The third-order valence-corrected chi connectivity index (χ3v) is 11.7. The van der Waals surface area contributed by atoms with Crippen molar-refractivity contribution in [3.05, 3.63) is 23.1 Å². The Balaban J connectivity index is 2.11. The van der Waals surface area contributed by atoms with Gasteiger partial charge in [-0.2, -0.15) is 0 Å². The molecule has 12 atom stereocenters. The van der Waals surface area contributed by atoms with Crippen LogP contribution in [0.4, 0.5) is 0 Å². The van der Waals surface area contributed by atoms with Crippen LogP contribution in [0.3, 0.4) is 0 Å². The summed E-state index contributed by atoms with van der Waals surface area (Å²) in [7, 11) is 1.24. The van der Waals surface area contributed by atoms with Crippen molar-refractivity contribution in [1.29, 1.82) is 5.41 Å². The molecule has 2 heterocycles. The zero-order valence-corrected chi connectivity index (χ0v) is 37.1. The summed E-state index contributed by atoms with van der Waals surface area (Å²) in [5.74, 6) is -10.3. The number of ketones is 1. The van der Waals surface area contributed by atoms with Crippen LogP contribution in [0.5, 0.6) is 0 Å². The van der Waals surface area contributed by atoms with Gasteiger partial charge in [0.15, 0.2) is 29.4 Å². The first-order valence-electron chi connectivity index (χ1n) is 19.3. The van der Waals surface area contributed by atoms with E-state index in [-0.39, 0.29) is 22.2 Å². The fourth-order valence-corrected chi connectivity index (χ4v) is 8.04. The van der Waals surface area contributed by atoms with E-state index in [1.807, 2.05) is 0 Å². The molecule has 63 heavy (non-hydrogen) atoms. The number of hydrogen-bond donors (Lipinski definition) is 9. The first kappa shape index (κ1) is 52.7. The van der Waals surface area contributed by atoms with Crippen molar-refractivity contribution in [1.82, 2.24) is 10.6 Å². The molecule has 0 saturated carbocycles. The molecule has 0 spiro atoms. The van der Waals surface area contributed by atoms with Gasteiger partial charge in [-0.1, -0.05) is 43.9 Å². The fraction of sp³-hybridized carbons (Fsp3) is 0.658. The zero-order valence-electron chi connectivity index (χ0n) is 35.5. The molecule has 23 nitrogen and oxygen atoms in total. The Kier molecular flexibility index (Phi) is 18.3. The Morgan fingerprint density at radius 3 is 2.24 bits per heavy atom. The highest BCUT2D eigenvalue weighted by atomic mass is 32.2. The van der Waals surface area contributed by atoms with Gasteiger partial charge in [0.1, 0.15) is 70.2 Å². The molecular formula is C38H53N3O20S2. The van der Waals surface area contributed by atoms with Gasteiger partial charge in [-0.25, -0.2) is 14.4 Å². The normalized spacial score (nSPS) is 31.1. The summed E-state index contributed by atoms with van der Waals surface area (Å²) in [5, 5.41) is 79.0. The van der Waals surface area contributed by atoms with Crippen molar-refractivity contribution < 1.29 is 97.4 Å². The third-order valence-electron chi connectivity index (χ3n) is 10.4. The van der Waals surface area contributed by atoms with E-state index in [0.717, 1.165) is 25.6 Å². The van der Waals surface area contributed by atoms with Crippen molar-refractivity contribution in [3.8, 4) is 0 Å². The highest BCUT2D eigenvalue weighted by molar-refractivity contribution is 8.23. The molecule has 2 fully saturated rings. The molecule has 9 unspecified atom stereocenters. The average molecular weight is 936 g/mol. The number of ether oxygens (including phenoxy) is 7. The average Bonchev–Trinajstić information content (AvgIpc) is 3.19. The molecule has 0 aromatic rings. The van der Waals surface area contributed by atoms with Crippen LogP contribution < -0.4 is 10.6 Å². The number of carbonyl (C=O) groups is 7. The number of esters is 3. The Hall–Kier alpha value is -4.60. The van der Waals surface area contributed by atoms with Gasteiger partial charge in [-0.05, 0) is 20.8 Å². The van der Waals surface area contributed by atoms with Crippen LogP contribution in [0.15, 0.2) is 23.1 Å². The second-order valence-electron chi connectivity index (χ2n) is 15.1. The summed E-state index contributed by atoms with van der Waals surface area (Å²) in [6.45, 7) is 8.64. The van der Waals surface area contributed by atoms with Gasteiger partial charge in [0.05, 0.1) is 24.5 Å². The van der Waals surface area contributed by atoms with E-state index in [9.17, 15) is 64.2 Å². The Labute approximate surface area is 370 Å². The largest absolute Gasteiger partial charge is 0.508 e.